The van der Waals surface area contributed by atoms with E-state index in [1.807, 2.05) is 69.3 Å². The minimum atomic E-state index is -0.154. The smallest absolute Gasteiger partial charge is 0.243 e. The fourth-order valence-corrected chi connectivity index (χ4v) is 2.20. The average molecular weight is 354 g/mol. The second-order valence-corrected chi connectivity index (χ2v) is 6.33. The minimum Gasteiger partial charge on any atom is -0.491 e. The van der Waals surface area contributed by atoms with Crippen LogP contribution in [0.5, 0.6) is 11.5 Å². The van der Waals surface area contributed by atoms with Crippen LogP contribution in [0.4, 0.5) is 11.4 Å². The summed E-state index contributed by atoms with van der Waals surface area (Å²) in [7, 11) is 0. The molecule has 2 N–H and O–H groups in total. The van der Waals surface area contributed by atoms with E-state index in [2.05, 4.69) is 17.2 Å². The predicted molar refractivity (Wildman–Crippen MR) is 106 cm³/mol. The molecule has 2 aromatic carbocycles. The summed E-state index contributed by atoms with van der Waals surface area (Å²) in [4.78, 5) is 12.2. The first kappa shape index (κ1) is 19.4. The number of anilines is 2. The molecule has 0 bridgehead atoms. The third kappa shape index (κ3) is 6.51. The Hall–Kier alpha value is -2.95. The van der Waals surface area contributed by atoms with E-state index in [1.165, 1.54) is 0 Å². The van der Waals surface area contributed by atoms with Crippen LogP contribution in [0.3, 0.4) is 0 Å². The van der Waals surface area contributed by atoms with Gasteiger partial charge in [0.25, 0.3) is 0 Å². The van der Waals surface area contributed by atoms with Crippen LogP contribution in [-0.4, -0.2) is 25.2 Å². The fraction of sp³-hybridized carbons (Fsp3) is 0.286. The van der Waals surface area contributed by atoms with Gasteiger partial charge in [-0.05, 0) is 62.7 Å². The van der Waals surface area contributed by atoms with Gasteiger partial charge in [-0.3, -0.25) is 4.79 Å². The van der Waals surface area contributed by atoms with E-state index >= 15 is 0 Å². The van der Waals surface area contributed by atoms with Crippen molar-refractivity contribution in [3.05, 3.63) is 60.7 Å². The van der Waals surface area contributed by atoms with Crippen LogP contribution in [0.2, 0.25) is 0 Å². The molecule has 0 saturated heterocycles. The SMILES string of the molecule is C=C(C)COc1ccccc1NC(=O)CNc1ccc(OC(C)C)cc1. The summed E-state index contributed by atoms with van der Waals surface area (Å²) in [6, 6.07) is 14.9. The summed E-state index contributed by atoms with van der Waals surface area (Å²) in [5.74, 6) is 1.27. The molecule has 0 atom stereocenters. The first-order chi connectivity index (χ1) is 12.4. The van der Waals surface area contributed by atoms with Gasteiger partial charge in [-0.25, -0.2) is 0 Å². The van der Waals surface area contributed by atoms with Gasteiger partial charge in [0.15, 0.2) is 0 Å². The number of hydrogen-bond acceptors (Lipinski definition) is 4. The minimum absolute atomic E-state index is 0.131. The standard InChI is InChI=1S/C21H26N2O3/c1-15(2)14-25-20-8-6-5-7-19(20)23-21(24)13-22-17-9-11-18(12-10-17)26-16(3)4/h5-12,16,22H,1,13-14H2,2-4H3,(H,23,24). The first-order valence-corrected chi connectivity index (χ1v) is 8.60. The van der Waals surface area contributed by atoms with Gasteiger partial charge >= 0.3 is 0 Å². The molecule has 0 radical (unpaired) electrons. The Balaban J connectivity index is 1.88. The van der Waals surface area contributed by atoms with Crippen LogP contribution in [0.1, 0.15) is 20.8 Å². The zero-order chi connectivity index (χ0) is 18.9. The number of benzene rings is 2. The maximum absolute atomic E-state index is 12.2. The zero-order valence-electron chi connectivity index (χ0n) is 15.5. The largest absolute Gasteiger partial charge is 0.491 e. The van der Waals surface area contributed by atoms with E-state index in [0.717, 1.165) is 17.0 Å². The third-order valence-corrected chi connectivity index (χ3v) is 3.31. The zero-order valence-corrected chi connectivity index (χ0v) is 15.5. The molecule has 0 fully saturated rings. The molecule has 2 aromatic rings. The Morgan fingerprint density at radius 1 is 1.12 bits per heavy atom. The highest BCUT2D eigenvalue weighted by atomic mass is 16.5. The van der Waals surface area contributed by atoms with Crippen molar-refractivity contribution in [2.24, 2.45) is 0 Å². The molecule has 26 heavy (non-hydrogen) atoms. The molecule has 2 rings (SSSR count). The lowest BCUT2D eigenvalue weighted by Gasteiger charge is -2.13. The van der Waals surface area contributed by atoms with E-state index in [9.17, 15) is 4.79 Å². The molecule has 0 aliphatic heterocycles. The molecule has 5 heteroatoms. The number of rotatable bonds is 9. The number of nitrogens with one attached hydrogen (secondary N) is 2. The van der Waals surface area contributed by atoms with Crippen molar-refractivity contribution in [2.45, 2.75) is 26.9 Å². The van der Waals surface area contributed by atoms with Crippen molar-refractivity contribution < 1.29 is 14.3 Å². The molecule has 1 amide bonds. The van der Waals surface area contributed by atoms with Gasteiger partial charge in [-0.1, -0.05) is 18.7 Å². The molecular weight excluding hydrogens is 328 g/mol. The monoisotopic (exact) mass is 354 g/mol. The molecule has 0 spiro atoms. The Morgan fingerprint density at radius 3 is 2.46 bits per heavy atom. The summed E-state index contributed by atoms with van der Waals surface area (Å²) in [5.41, 5.74) is 2.40. The van der Waals surface area contributed by atoms with Crippen LogP contribution in [0.25, 0.3) is 0 Å². The molecule has 5 nitrogen and oxygen atoms in total. The molecule has 0 aliphatic carbocycles. The quantitative estimate of drug-likeness (QED) is 0.652. The average Bonchev–Trinajstić information content (AvgIpc) is 2.60. The molecule has 0 saturated carbocycles. The number of carbonyl (C=O) groups excluding carboxylic acids is 1. The van der Waals surface area contributed by atoms with Gasteiger partial charge in [0.05, 0.1) is 18.3 Å². The van der Waals surface area contributed by atoms with E-state index in [1.54, 1.807) is 0 Å². The van der Waals surface area contributed by atoms with Crippen LogP contribution in [0, 0.1) is 0 Å². The van der Waals surface area contributed by atoms with Crippen LogP contribution in [-0.2, 0) is 4.79 Å². The van der Waals surface area contributed by atoms with Crippen LogP contribution >= 0.6 is 0 Å². The highest BCUT2D eigenvalue weighted by molar-refractivity contribution is 5.95. The fourth-order valence-electron chi connectivity index (χ4n) is 2.20. The highest BCUT2D eigenvalue weighted by Crippen LogP contribution is 2.24. The topological polar surface area (TPSA) is 59.6 Å². The van der Waals surface area contributed by atoms with Crippen molar-refractivity contribution >= 4 is 17.3 Å². The number of ether oxygens (including phenoxy) is 2. The second kappa shape index (κ2) is 9.51. The van der Waals surface area contributed by atoms with Gasteiger partial charge in [0.1, 0.15) is 18.1 Å². The maximum Gasteiger partial charge on any atom is 0.243 e. The van der Waals surface area contributed by atoms with Crippen molar-refractivity contribution in [3.8, 4) is 11.5 Å². The summed E-state index contributed by atoms with van der Waals surface area (Å²) >= 11 is 0. The summed E-state index contributed by atoms with van der Waals surface area (Å²) in [5, 5.41) is 5.95. The molecule has 138 valence electrons. The first-order valence-electron chi connectivity index (χ1n) is 8.60. The number of para-hydroxylation sites is 2. The Morgan fingerprint density at radius 2 is 1.81 bits per heavy atom. The third-order valence-electron chi connectivity index (χ3n) is 3.31. The van der Waals surface area contributed by atoms with Gasteiger partial charge in [0.2, 0.25) is 5.91 Å². The predicted octanol–water partition coefficient (Wildman–Crippen LogP) is 4.48. The molecular formula is C21H26N2O3. The van der Waals surface area contributed by atoms with Crippen LogP contribution in [0.15, 0.2) is 60.7 Å². The van der Waals surface area contributed by atoms with Crippen molar-refractivity contribution in [1.82, 2.24) is 0 Å². The maximum atomic E-state index is 12.2. The van der Waals surface area contributed by atoms with E-state index in [0.29, 0.717) is 18.0 Å². The molecule has 0 aliphatic rings. The molecule has 0 unspecified atom stereocenters. The summed E-state index contributed by atoms with van der Waals surface area (Å²) in [6.07, 6.45) is 0.131. The van der Waals surface area contributed by atoms with Crippen molar-refractivity contribution in [1.29, 1.82) is 0 Å². The summed E-state index contributed by atoms with van der Waals surface area (Å²) < 4.78 is 11.3. The van der Waals surface area contributed by atoms with E-state index in [-0.39, 0.29) is 18.6 Å². The lowest BCUT2D eigenvalue weighted by Crippen LogP contribution is -2.22. The Bertz CT molecular complexity index is 739. The van der Waals surface area contributed by atoms with E-state index in [4.69, 9.17) is 9.47 Å². The van der Waals surface area contributed by atoms with Gasteiger partial charge < -0.3 is 20.1 Å². The van der Waals surface area contributed by atoms with Gasteiger partial charge in [0, 0.05) is 5.69 Å². The Kier molecular flexibility index (Phi) is 7.09. The van der Waals surface area contributed by atoms with Crippen molar-refractivity contribution in [3.63, 3.8) is 0 Å². The van der Waals surface area contributed by atoms with Crippen molar-refractivity contribution in [2.75, 3.05) is 23.8 Å². The lowest BCUT2D eigenvalue weighted by atomic mass is 10.2. The van der Waals surface area contributed by atoms with Gasteiger partial charge in [-0.2, -0.15) is 0 Å². The van der Waals surface area contributed by atoms with Crippen LogP contribution < -0.4 is 20.1 Å². The molecule has 0 heterocycles. The number of hydrogen-bond donors (Lipinski definition) is 2. The molecule has 0 aromatic heterocycles. The summed E-state index contributed by atoms with van der Waals surface area (Å²) in [6.45, 7) is 10.2. The Labute approximate surface area is 155 Å². The normalized spacial score (nSPS) is 10.3. The second-order valence-electron chi connectivity index (χ2n) is 6.33. The van der Waals surface area contributed by atoms with Gasteiger partial charge in [-0.15, -0.1) is 0 Å². The lowest BCUT2D eigenvalue weighted by molar-refractivity contribution is -0.114. The number of carbonyl (C=O) groups is 1. The highest BCUT2D eigenvalue weighted by Gasteiger charge is 2.08. The van der Waals surface area contributed by atoms with E-state index < -0.39 is 0 Å². The number of amides is 1.